The summed E-state index contributed by atoms with van der Waals surface area (Å²) in [5.41, 5.74) is 11.4. The summed E-state index contributed by atoms with van der Waals surface area (Å²) in [6, 6.07) is 4.50. The van der Waals surface area contributed by atoms with E-state index in [2.05, 4.69) is 9.97 Å². The normalized spacial score (nSPS) is 11.0. The van der Waals surface area contributed by atoms with Crippen molar-refractivity contribution in [1.82, 2.24) is 9.97 Å². The van der Waals surface area contributed by atoms with Crippen LogP contribution in [-0.2, 0) is 0 Å². The molecule has 1 aromatic carbocycles. The number of rotatable bonds is 1. The minimum absolute atomic E-state index is 0.0204. The Bertz CT molecular complexity index is 864. The van der Waals surface area contributed by atoms with Crippen LogP contribution >= 0.6 is 0 Å². The van der Waals surface area contributed by atoms with Gasteiger partial charge in [0.25, 0.3) is 0 Å². The zero-order valence-electron chi connectivity index (χ0n) is 10.6. The molecule has 0 fully saturated rings. The van der Waals surface area contributed by atoms with Gasteiger partial charge in [-0.25, -0.2) is 18.2 Å². The topological polar surface area (TPSA) is 77.8 Å². The number of pyridine rings is 2. The second-order valence-electron chi connectivity index (χ2n) is 4.43. The first-order valence-corrected chi connectivity index (χ1v) is 5.93. The Kier molecular flexibility index (Phi) is 2.90. The minimum Gasteiger partial charge on any atom is -0.384 e. The standard InChI is InChI=1S/C14H9F3N4/c15-6-3-8-9(16)4-10(17)12(13(8)20-5-6)7-1-2-11(18)21-14(7)19/h1-5H,(H4,18,19,21). The van der Waals surface area contributed by atoms with Crippen molar-refractivity contribution >= 4 is 22.5 Å². The first-order chi connectivity index (χ1) is 9.97. The number of hydrogen-bond donors (Lipinski definition) is 2. The number of anilines is 2. The predicted octanol–water partition coefficient (Wildman–Crippen LogP) is 2.88. The van der Waals surface area contributed by atoms with E-state index in [9.17, 15) is 13.2 Å². The molecule has 4 N–H and O–H groups in total. The largest absolute Gasteiger partial charge is 0.384 e. The quantitative estimate of drug-likeness (QED) is 0.722. The van der Waals surface area contributed by atoms with Crippen molar-refractivity contribution < 1.29 is 13.2 Å². The Hall–Kier alpha value is -2.83. The average Bonchev–Trinajstić information content (AvgIpc) is 2.41. The van der Waals surface area contributed by atoms with Gasteiger partial charge >= 0.3 is 0 Å². The van der Waals surface area contributed by atoms with Gasteiger partial charge in [-0.05, 0) is 18.2 Å². The van der Waals surface area contributed by atoms with Crippen molar-refractivity contribution in [2.24, 2.45) is 0 Å². The zero-order chi connectivity index (χ0) is 15.1. The van der Waals surface area contributed by atoms with Gasteiger partial charge in [-0.1, -0.05) is 0 Å². The number of nitrogens with two attached hydrogens (primary N) is 2. The van der Waals surface area contributed by atoms with Crippen molar-refractivity contribution in [2.75, 3.05) is 11.5 Å². The summed E-state index contributed by atoms with van der Waals surface area (Å²) in [5, 5.41) is -0.136. The number of fused-ring (bicyclic) bond motifs is 1. The number of benzene rings is 1. The molecule has 0 aliphatic heterocycles. The van der Waals surface area contributed by atoms with Crippen LogP contribution in [0, 0.1) is 17.5 Å². The van der Waals surface area contributed by atoms with Crippen molar-refractivity contribution in [3.8, 4) is 11.1 Å². The van der Waals surface area contributed by atoms with E-state index in [4.69, 9.17) is 11.5 Å². The summed E-state index contributed by atoms with van der Waals surface area (Å²) >= 11 is 0. The van der Waals surface area contributed by atoms with Crippen LogP contribution in [0.15, 0.2) is 30.5 Å². The molecule has 0 aliphatic rings. The molecule has 0 saturated heterocycles. The summed E-state index contributed by atoms with van der Waals surface area (Å²) in [4.78, 5) is 7.60. The molecule has 7 heteroatoms. The third-order valence-electron chi connectivity index (χ3n) is 3.06. The first-order valence-electron chi connectivity index (χ1n) is 5.93. The van der Waals surface area contributed by atoms with Crippen molar-refractivity contribution in [3.05, 3.63) is 47.9 Å². The summed E-state index contributed by atoms with van der Waals surface area (Å²) < 4.78 is 41.1. The monoisotopic (exact) mass is 290 g/mol. The molecule has 0 unspecified atom stereocenters. The van der Waals surface area contributed by atoms with Gasteiger partial charge in [0.15, 0.2) is 0 Å². The van der Waals surface area contributed by atoms with Gasteiger partial charge in [-0.2, -0.15) is 0 Å². The fraction of sp³-hybridized carbons (Fsp3) is 0. The molecule has 21 heavy (non-hydrogen) atoms. The van der Waals surface area contributed by atoms with Crippen LogP contribution in [0.4, 0.5) is 24.8 Å². The Morgan fingerprint density at radius 1 is 0.952 bits per heavy atom. The van der Waals surface area contributed by atoms with E-state index in [1.54, 1.807) is 0 Å². The maximum atomic E-state index is 14.2. The maximum absolute atomic E-state index is 14.2. The van der Waals surface area contributed by atoms with E-state index in [0.29, 0.717) is 6.07 Å². The van der Waals surface area contributed by atoms with Gasteiger partial charge < -0.3 is 11.5 Å². The van der Waals surface area contributed by atoms with E-state index in [0.717, 1.165) is 12.3 Å². The summed E-state index contributed by atoms with van der Waals surface area (Å²) in [7, 11) is 0. The lowest BCUT2D eigenvalue weighted by Crippen LogP contribution is -2.01. The SMILES string of the molecule is Nc1ccc(-c2c(F)cc(F)c3cc(F)cnc23)c(N)n1. The molecule has 2 aromatic heterocycles. The second-order valence-corrected chi connectivity index (χ2v) is 4.43. The predicted molar refractivity (Wildman–Crippen MR) is 73.7 cm³/mol. The van der Waals surface area contributed by atoms with Crippen LogP contribution in [0.3, 0.4) is 0 Å². The molecular formula is C14H9F3N4. The van der Waals surface area contributed by atoms with Crippen molar-refractivity contribution in [2.45, 2.75) is 0 Å². The Balaban J connectivity index is 2.42. The molecule has 0 bridgehead atoms. The molecule has 0 amide bonds. The number of nitrogen functional groups attached to an aromatic ring is 2. The molecule has 4 nitrogen and oxygen atoms in total. The van der Waals surface area contributed by atoms with Crippen molar-refractivity contribution in [1.29, 1.82) is 0 Å². The fourth-order valence-corrected chi connectivity index (χ4v) is 2.15. The first kappa shape index (κ1) is 13.2. The van der Waals surface area contributed by atoms with Crippen LogP contribution in [0.1, 0.15) is 0 Å². The highest BCUT2D eigenvalue weighted by atomic mass is 19.1. The highest BCUT2D eigenvalue weighted by Crippen LogP contribution is 2.34. The van der Waals surface area contributed by atoms with Gasteiger partial charge in [0.05, 0.1) is 11.7 Å². The third kappa shape index (κ3) is 2.12. The van der Waals surface area contributed by atoms with E-state index >= 15 is 0 Å². The van der Waals surface area contributed by atoms with E-state index in [1.807, 2.05) is 0 Å². The highest BCUT2D eigenvalue weighted by Gasteiger charge is 2.18. The van der Waals surface area contributed by atoms with Crippen LogP contribution in [0.5, 0.6) is 0 Å². The zero-order valence-corrected chi connectivity index (χ0v) is 10.6. The molecule has 3 rings (SSSR count). The average molecular weight is 290 g/mol. The smallest absolute Gasteiger partial charge is 0.142 e. The van der Waals surface area contributed by atoms with Gasteiger partial charge in [0.2, 0.25) is 0 Å². The third-order valence-corrected chi connectivity index (χ3v) is 3.06. The maximum Gasteiger partial charge on any atom is 0.142 e. The Morgan fingerprint density at radius 2 is 1.71 bits per heavy atom. The number of aromatic nitrogens is 2. The number of halogens is 3. The van der Waals surface area contributed by atoms with Crippen LogP contribution < -0.4 is 11.5 Å². The molecule has 2 heterocycles. The van der Waals surface area contributed by atoms with Gasteiger partial charge in [-0.3, -0.25) is 4.98 Å². The lowest BCUT2D eigenvalue weighted by atomic mass is 10.0. The summed E-state index contributed by atoms with van der Waals surface area (Å²) in [5.74, 6) is -2.34. The fourth-order valence-electron chi connectivity index (χ4n) is 2.15. The number of hydrogen-bond acceptors (Lipinski definition) is 4. The molecule has 0 radical (unpaired) electrons. The van der Waals surface area contributed by atoms with Crippen LogP contribution in [0.25, 0.3) is 22.0 Å². The Morgan fingerprint density at radius 3 is 2.43 bits per heavy atom. The second kappa shape index (κ2) is 4.62. The van der Waals surface area contributed by atoms with Gasteiger partial charge in [-0.15, -0.1) is 0 Å². The Labute approximate surface area is 117 Å². The summed E-state index contributed by atoms with van der Waals surface area (Å²) in [6.45, 7) is 0. The van der Waals surface area contributed by atoms with E-state index in [1.165, 1.54) is 12.1 Å². The van der Waals surface area contributed by atoms with Crippen LogP contribution in [0.2, 0.25) is 0 Å². The lowest BCUT2D eigenvalue weighted by Gasteiger charge is -2.11. The molecule has 0 aliphatic carbocycles. The molecule has 106 valence electrons. The molecule has 0 spiro atoms. The molecule has 0 atom stereocenters. The number of nitrogens with zero attached hydrogens (tertiary/aromatic N) is 2. The minimum atomic E-state index is -0.903. The van der Waals surface area contributed by atoms with Gasteiger partial charge in [0.1, 0.15) is 29.1 Å². The van der Waals surface area contributed by atoms with Crippen LogP contribution in [-0.4, -0.2) is 9.97 Å². The van der Waals surface area contributed by atoms with Gasteiger partial charge in [0, 0.05) is 22.6 Å². The highest BCUT2D eigenvalue weighted by molar-refractivity contribution is 5.96. The molecular weight excluding hydrogens is 281 g/mol. The van der Waals surface area contributed by atoms with Crippen molar-refractivity contribution in [3.63, 3.8) is 0 Å². The lowest BCUT2D eigenvalue weighted by molar-refractivity contribution is 0.590. The molecule has 0 saturated carbocycles. The van der Waals surface area contributed by atoms with E-state index < -0.39 is 17.5 Å². The van der Waals surface area contributed by atoms with E-state index in [-0.39, 0.29) is 33.7 Å². The molecule has 3 aromatic rings. The summed E-state index contributed by atoms with van der Waals surface area (Å²) in [6.07, 6.45) is 0.881.